The summed E-state index contributed by atoms with van der Waals surface area (Å²) in [5.74, 6) is -4.23. The van der Waals surface area contributed by atoms with Gasteiger partial charge in [0.15, 0.2) is 0 Å². The van der Waals surface area contributed by atoms with Crippen molar-refractivity contribution in [3.8, 4) is 0 Å². The topological polar surface area (TPSA) is 188 Å². The summed E-state index contributed by atoms with van der Waals surface area (Å²) in [6.07, 6.45) is -0.655. The number of carboxylic acids is 2. The molecule has 0 aliphatic carbocycles. The average molecular weight is 465 g/mol. The summed E-state index contributed by atoms with van der Waals surface area (Å²) in [5.41, 5.74) is 7.85. The van der Waals surface area contributed by atoms with Gasteiger partial charge in [-0.3, -0.25) is 24.0 Å². The van der Waals surface area contributed by atoms with E-state index in [0.717, 1.165) is 11.1 Å². The van der Waals surface area contributed by atoms with Crippen LogP contribution in [0.5, 0.6) is 0 Å². The summed E-state index contributed by atoms with van der Waals surface area (Å²) in [5, 5.41) is 25.1. The van der Waals surface area contributed by atoms with E-state index >= 15 is 0 Å². The smallest absolute Gasteiger partial charge is 0.305 e. The predicted octanol–water partition coefficient (Wildman–Crippen LogP) is -0.301. The molecular formula is C22H32N4O7. The number of aryl methyl sites for hydroxylation is 1. The minimum absolute atomic E-state index is 0.200. The highest BCUT2D eigenvalue weighted by Gasteiger charge is 2.27. The van der Waals surface area contributed by atoms with E-state index in [1.807, 2.05) is 31.2 Å². The second-order valence-electron chi connectivity index (χ2n) is 8.03. The first-order valence-electron chi connectivity index (χ1n) is 10.5. The fourth-order valence-corrected chi connectivity index (χ4v) is 2.95. The van der Waals surface area contributed by atoms with Crippen LogP contribution in [-0.2, 0) is 30.4 Å². The molecule has 0 unspecified atom stereocenters. The van der Waals surface area contributed by atoms with Crippen LogP contribution in [0, 0.1) is 6.92 Å². The van der Waals surface area contributed by atoms with Gasteiger partial charge < -0.3 is 31.9 Å². The van der Waals surface area contributed by atoms with Crippen LogP contribution in [0.1, 0.15) is 44.2 Å². The van der Waals surface area contributed by atoms with E-state index in [1.54, 1.807) is 0 Å². The second kappa shape index (κ2) is 13.2. The van der Waals surface area contributed by atoms with Gasteiger partial charge >= 0.3 is 11.9 Å². The van der Waals surface area contributed by atoms with Gasteiger partial charge in [0.05, 0.1) is 12.5 Å². The molecular weight excluding hydrogens is 432 g/mol. The number of carbonyl (C=O) groups is 5. The lowest BCUT2D eigenvalue weighted by Gasteiger charge is -2.23. The Morgan fingerprint density at radius 3 is 2.03 bits per heavy atom. The Labute approximate surface area is 192 Å². The highest BCUT2D eigenvalue weighted by atomic mass is 16.4. The molecule has 11 heteroatoms. The molecule has 0 fully saturated rings. The zero-order valence-electron chi connectivity index (χ0n) is 19.0. The van der Waals surface area contributed by atoms with Gasteiger partial charge in [0.2, 0.25) is 17.7 Å². The molecule has 1 aromatic rings. The van der Waals surface area contributed by atoms with Crippen molar-refractivity contribution in [3.05, 3.63) is 35.4 Å². The van der Waals surface area contributed by atoms with Crippen molar-refractivity contribution in [1.29, 1.82) is 0 Å². The Bertz CT molecular complexity index is 857. The highest BCUT2D eigenvalue weighted by molar-refractivity contribution is 5.93. The summed E-state index contributed by atoms with van der Waals surface area (Å²) in [7, 11) is 0. The Morgan fingerprint density at radius 2 is 1.48 bits per heavy atom. The molecule has 0 aliphatic rings. The number of carbonyl (C=O) groups excluding carboxylic acids is 3. The second-order valence-corrected chi connectivity index (χ2v) is 8.03. The summed E-state index contributed by atoms with van der Waals surface area (Å²) < 4.78 is 0. The largest absolute Gasteiger partial charge is 0.481 e. The molecule has 33 heavy (non-hydrogen) atoms. The van der Waals surface area contributed by atoms with Gasteiger partial charge in [-0.2, -0.15) is 0 Å². The van der Waals surface area contributed by atoms with E-state index in [2.05, 4.69) is 16.0 Å². The lowest BCUT2D eigenvalue weighted by atomic mass is 10.0. The fraction of sp³-hybridized carbons (Fsp3) is 0.500. The summed E-state index contributed by atoms with van der Waals surface area (Å²) in [6, 6.07) is 3.55. The van der Waals surface area contributed by atoms with Crippen LogP contribution >= 0.6 is 0 Å². The van der Waals surface area contributed by atoms with Gasteiger partial charge in [0.1, 0.15) is 12.1 Å². The quantitative estimate of drug-likeness (QED) is 0.229. The Balaban J connectivity index is 2.75. The van der Waals surface area contributed by atoms with Crippen molar-refractivity contribution in [2.45, 2.75) is 70.6 Å². The first-order valence-corrected chi connectivity index (χ1v) is 10.5. The third-order valence-electron chi connectivity index (χ3n) is 4.81. The molecule has 7 N–H and O–H groups in total. The zero-order valence-corrected chi connectivity index (χ0v) is 19.0. The maximum atomic E-state index is 12.7. The third kappa shape index (κ3) is 10.6. The van der Waals surface area contributed by atoms with Crippen LogP contribution < -0.4 is 21.7 Å². The van der Waals surface area contributed by atoms with Crippen molar-refractivity contribution in [2.75, 3.05) is 0 Å². The van der Waals surface area contributed by atoms with Gasteiger partial charge in [-0.25, -0.2) is 0 Å². The maximum absolute atomic E-state index is 12.7. The molecule has 0 radical (unpaired) electrons. The molecule has 0 aliphatic heterocycles. The minimum atomic E-state index is -1.22. The Hall–Kier alpha value is -3.47. The summed E-state index contributed by atoms with van der Waals surface area (Å²) in [6.45, 7) is 4.82. The molecule has 0 aromatic heterocycles. The molecule has 182 valence electrons. The molecule has 0 saturated carbocycles. The number of nitrogens with one attached hydrogen (secondary N) is 3. The molecule has 0 spiro atoms. The number of rotatable bonds is 13. The number of nitrogens with two attached hydrogens (primary N) is 1. The average Bonchev–Trinajstić information content (AvgIpc) is 2.71. The number of hydrogen-bond acceptors (Lipinski definition) is 6. The SMILES string of the molecule is Cc1ccc(C[C@H](N)C(=O)N[C@@H](CCC(=O)O)C(=O)N[C@@H](C)C(=O)N[C@H](C)CC(=O)O)cc1. The summed E-state index contributed by atoms with van der Waals surface area (Å²) >= 11 is 0. The van der Waals surface area contributed by atoms with Crippen LogP contribution in [-0.4, -0.2) is 64.0 Å². The number of benzene rings is 1. The van der Waals surface area contributed by atoms with Gasteiger partial charge in [-0.05, 0) is 39.2 Å². The monoisotopic (exact) mass is 464 g/mol. The van der Waals surface area contributed by atoms with Gasteiger partial charge in [-0.15, -0.1) is 0 Å². The number of hydrogen-bond donors (Lipinski definition) is 6. The standard InChI is InChI=1S/C22H32N4O7/c1-12-4-6-15(7-5-12)11-16(23)21(32)26-17(8-9-18(27)28)22(33)25-14(3)20(31)24-13(2)10-19(29)30/h4-7,13-14,16-17H,8-11,23H2,1-3H3,(H,24,31)(H,25,33)(H,26,32)(H,27,28)(H,29,30)/t13-,14+,16+,17+/m1/s1. The van der Waals surface area contributed by atoms with Gasteiger partial charge in [0, 0.05) is 12.5 Å². The Morgan fingerprint density at radius 1 is 0.879 bits per heavy atom. The van der Waals surface area contributed by atoms with E-state index < -0.39 is 53.8 Å². The lowest BCUT2D eigenvalue weighted by Crippen LogP contribution is -2.56. The van der Waals surface area contributed by atoms with Crippen LogP contribution in [0.25, 0.3) is 0 Å². The number of aliphatic carboxylic acids is 2. The normalized spacial score (nSPS) is 14.3. The predicted molar refractivity (Wildman–Crippen MR) is 119 cm³/mol. The first-order chi connectivity index (χ1) is 15.4. The van der Waals surface area contributed by atoms with E-state index in [1.165, 1.54) is 13.8 Å². The van der Waals surface area contributed by atoms with Crippen molar-refractivity contribution < 1.29 is 34.2 Å². The summed E-state index contributed by atoms with van der Waals surface area (Å²) in [4.78, 5) is 59.1. The number of carboxylic acid groups (broad SMARTS) is 2. The minimum Gasteiger partial charge on any atom is -0.481 e. The van der Waals surface area contributed by atoms with E-state index in [0.29, 0.717) is 0 Å². The van der Waals surface area contributed by atoms with Crippen molar-refractivity contribution >= 4 is 29.7 Å². The Kier molecular flexibility index (Phi) is 11.0. The lowest BCUT2D eigenvalue weighted by molar-refractivity contribution is -0.139. The first kappa shape index (κ1) is 27.6. The van der Waals surface area contributed by atoms with Gasteiger partial charge in [0.25, 0.3) is 0 Å². The van der Waals surface area contributed by atoms with Gasteiger partial charge in [-0.1, -0.05) is 29.8 Å². The zero-order chi connectivity index (χ0) is 25.1. The molecule has 11 nitrogen and oxygen atoms in total. The molecule has 1 rings (SSSR count). The molecule has 0 bridgehead atoms. The number of amides is 3. The van der Waals surface area contributed by atoms with Crippen molar-refractivity contribution in [3.63, 3.8) is 0 Å². The van der Waals surface area contributed by atoms with E-state index in [9.17, 15) is 24.0 Å². The molecule has 0 saturated heterocycles. The van der Waals surface area contributed by atoms with Crippen LogP contribution in [0.3, 0.4) is 0 Å². The van der Waals surface area contributed by atoms with Crippen molar-refractivity contribution in [1.82, 2.24) is 16.0 Å². The van der Waals surface area contributed by atoms with Crippen LogP contribution in [0.15, 0.2) is 24.3 Å². The molecule has 1 aromatic carbocycles. The van der Waals surface area contributed by atoms with Crippen LogP contribution in [0.4, 0.5) is 0 Å². The van der Waals surface area contributed by atoms with Crippen LogP contribution in [0.2, 0.25) is 0 Å². The van der Waals surface area contributed by atoms with Crippen molar-refractivity contribution in [2.24, 2.45) is 5.73 Å². The van der Waals surface area contributed by atoms with E-state index in [-0.39, 0.29) is 25.7 Å². The molecule has 0 heterocycles. The third-order valence-corrected chi connectivity index (χ3v) is 4.81. The highest BCUT2D eigenvalue weighted by Crippen LogP contribution is 2.07. The molecule has 3 amide bonds. The van der Waals surface area contributed by atoms with E-state index in [4.69, 9.17) is 15.9 Å². The molecule has 4 atom stereocenters. The maximum Gasteiger partial charge on any atom is 0.305 e. The fourth-order valence-electron chi connectivity index (χ4n) is 2.95.